The van der Waals surface area contributed by atoms with E-state index in [2.05, 4.69) is 59.9 Å². The number of fused-ring (bicyclic) bond motifs is 1. The zero-order chi connectivity index (χ0) is 48.5. The summed E-state index contributed by atoms with van der Waals surface area (Å²) in [4.78, 5) is 30.5. The van der Waals surface area contributed by atoms with Crippen molar-refractivity contribution in [2.45, 2.75) is 97.0 Å². The molecule has 3 aromatic carbocycles. The lowest BCUT2D eigenvalue weighted by Crippen LogP contribution is -2.75. The Kier molecular flexibility index (Phi) is 14.8. The van der Waals surface area contributed by atoms with Crippen molar-refractivity contribution in [3.8, 4) is 29.1 Å². The van der Waals surface area contributed by atoms with E-state index in [-0.39, 0.29) is 75.9 Å². The molecule has 366 valence electrons. The molecular formula is C51H65ClFN7O7S. The molecule has 4 aliphatic heterocycles. The summed E-state index contributed by atoms with van der Waals surface area (Å²) in [5.41, 5.74) is 1.76. The first kappa shape index (κ1) is 49.7. The van der Waals surface area contributed by atoms with Crippen LogP contribution < -0.4 is 35.5 Å². The van der Waals surface area contributed by atoms with Gasteiger partial charge in [0, 0.05) is 79.6 Å². The fourth-order valence-corrected chi connectivity index (χ4v) is 12.4. The first-order valence-electron chi connectivity index (χ1n) is 23.9. The average Bonchev–Trinajstić information content (AvgIpc) is 3.82. The number of carbonyl (C=O) groups is 2. The molecule has 4 heterocycles. The smallest absolute Gasteiger partial charge is 0.244 e. The molecule has 14 nitrogen and oxygen atoms in total. The average molecular weight is 975 g/mol. The molecule has 4 fully saturated rings. The monoisotopic (exact) mass is 973 g/mol. The van der Waals surface area contributed by atoms with Crippen LogP contribution >= 0.6 is 11.6 Å². The van der Waals surface area contributed by atoms with Gasteiger partial charge in [-0.15, -0.1) is 0 Å². The molecule has 8 rings (SSSR count). The van der Waals surface area contributed by atoms with Crippen molar-refractivity contribution < 1.29 is 36.6 Å². The van der Waals surface area contributed by atoms with Crippen LogP contribution in [0.1, 0.15) is 83.4 Å². The highest BCUT2D eigenvalue weighted by Gasteiger charge is 2.64. The van der Waals surface area contributed by atoms with Crippen molar-refractivity contribution in [3.63, 3.8) is 0 Å². The second kappa shape index (κ2) is 20.3. The van der Waals surface area contributed by atoms with Gasteiger partial charge in [-0.05, 0) is 92.1 Å². The van der Waals surface area contributed by atoms with E-state index in [0.29, 0.717) is 65.4 Å². The largest absolute Gasteiger partial charge is 0.490 e. The molecule has 4 N–H and O–H groups in total. The Morgan fingerprint density at radius 3 is 2.40 bits per heavy atom. The number of hydrogen-bond acceptors (Lipinski definition) is 12. The Balaban J connectivity index is 0.789. The van der Waals surface area contributed by atoms with Gasteiger partial charge in [-0.2, -0.15) is 9.65 Å². The quantitative estimate of drug-likeness (QED) is 0.110. The van der Waals surface area contributed by atoms with Gasteiger partial charge < -0.3 is 29.7 Å². The first-order chi connectivity index (χ1) is 32.4. The van der Waals surface area contributed by atoms with Crippen LogP contribution in [-0.4, -0.2) is 107 Å². The third kappa shape index (κ3) is 10.4. The van der Waals surface area contributed by atoms with Gasteiger partial charge in [0.25, 0.3) is 0 Å². The van der Waals surface area contributed by atoms with Crippen LogP contribution in [0.3, 0.4) is 0 Å². The van der Waals surface area contributed by atoms with Gasteiger partial charge >= 0.3 is 0 Å². The Bertz CT molecular complexity index is 2540. The molecule has 3 saturated heterocycles. The Hall–Kier alpha value is -4.76. The number of nitrogens with one attached hydrogen (secondary N) is 4. The number of likely N-dealkylation sites (tertiary alicyclic amines) is 1. The first-order valence-corrected chi connectivity index (χ1v) is 26.1. The van der Waals surface area contributed by atoms with Crippen molar-refractivity contribution in [2.75, 3.05) is 52.1 Å². The number of halogens is 2. The summed E-state index contributed by atoms with van der Waals surface area (Å²) >= 11 is 6.27. The van der Waals surface area contributed by atoms with Crippen molar-refractivity contribution in [1.82, 2.24) is 31.1 Å². The summed E-state index contributed by atoms with van der Waals surface area (Å²) in [6.45, 7) is 14.0. The van der Waals surface area contributed by atoms with E-state index >= 15 is 4.39 Å². The SMILES string of the molecule is CCS(=O)(=O)Cc1ccc(Oc2cccc(OCCCC3CCN(C4NCC(C(=O)NC5C(C)(C)C(Oc6ccc(C#N)c(Cl)c6)C5(C)C)CN4)CC3)c2F)c(C2=CN(C)C(=O)C3NCCC23)c1. The van der Waals surface area contributed by atoms with Crippen molar-refractivity contribution in [3.05, 3.63) is 88.3 Å². The molecule has 1 saturated carbocycles. The summed E-state index contributed by atoms with van der Waals surface area (Å²) in [5, 5.41) is 23.4. The second-order valence-corrected chi connectivity index (χ2v) is 23.0. The summed E-state index contributed by atoms with van der Waals surface area (Å²) in [7, 11) is -1.63. The normalized spacial score (nSPS) is 26.0. The molecule has 2 amide bonds. The second-order valence-electron chi connectivity index (χ2n) is 20.3. The fourth-order valence-electron chi connectivity index (χ4n) is 11.3. The zero-order valence-electron chi connectivity index (χ0n) is 39.9. The molecule has 68 heavy (non-hydrogen) atoms. The van der Waals surface area contributed by atoms with E-state index in [1.807, 2.05) is 0 Å². The molecule has 0 bridgehead atoms. The number of hydrogen-bond donors (Lipinski definition) is 4. The number of rotatable bonds is 16. The molecule has 17 heteroatoms. The number of nitrogens with zero attached hydrogens (tertiary/aromatic N) is 3. The lowest BCUT2D eigenvalue weighted by molar-refractivity contribution is -0.174. The van der Waals surface area contributed by atoms with Gasteiger partial charge in [-0.3, -0.25) is 25.1 Å². The third-order valence-corrected chi connectivity index (χ3v) is 16.8. The molecule has 2 unspecified atom stereocenters. The summed E-state index contributed by atoms with van der Waals surface area (Å²) in [6.07, 6.45) is 6.07. The topological polar surface area (TPSA) is 174 Å². The molecule has 1 aliphatic carbocycles. The maximum absolute atomic E-state index is 16.1. The van der Waals surface area contributed by atoms with Gasteiger partial charge in [-0.25, -0.2) is 8.42 Å². The minimum absolute atomic E-state index is 0.00689. The number of likely N-dealkylation sites (N-methyl/N-ethyl adjacent to an activating group) is 1. The predicted molar refractivity (Wildman–Crippen MR) is 259 cm³/mol. The van der Waals surface area contributed by atoms with Crippen LogP contribution in [-0.2, 0) is 25.2 Å². The van der Waals surface area contributed by atoms with Crippen LogP contribution in [0.2, 0.25) is 5.02 Å². The maximum Gasteiger partial charge on any atom is 0.244 e. The standard InChI is InChI=1S/C51H65ClFN7O7S/c1-7-68(63,64)30-32-13-16-40(37(24-32)38-29-59(6)46(62)44-36(38)17-20-55-44)67-42-12-8-11-41(43(42)53)65-23-9-10-31-18-21-60(22-19-31)49-56-27-34(28-57-49)45(61)58-47-50(2,3)48(51(47,4)5)66-35-15-14-33(26-54)39(52)25-35/h8,11-16,24-25,29,31,34,36,44,47-49,55-57H,7,9-10,17-23,27-28,30H2,1-6H3,(H,58,61). The van der Waals surface area contributed by atoms with Crippen molar-refractivity contribution in [2.24, 2.45) is 28.6 Å². The van der Waals surface area contributed by atoms with Gasteiger partial charge in [0.05, 0.1) is 34.9 Å². The van der Waals surface area contributed by atoms with Crippen LogP contribution in [0.4, 0.5) is 4.39 Å². The van der Waals surface area contributed by atoms with Crippen LogP contribution in [0.5, 0.6) is 23.0 Å². The minimum atomic E-state index is -3.33. The lowest BCUT2D eigenvalue weighted by Gasteiger charge is -2.63. The molecule has 3 aromatic rings. The van der Waals surface area contributed by atoms with Gasteiger partial charge in [0.2, 0.25) is 17.6 Å². The molecule has 0 spiro atoms. The fraction of sp³-hybridized carbons (Fsp3) is 0.549. The summed E-state index contributed by atoms with van der Waals surface area (Å²) in [6, 6.07) is 16.7. The highest BCUT2D eigenvalue weighted by molar-refractivity contribution is 7.90. The lowest BCUT2D eigenvalue weighted by atomic mass is 9.49. The predicted octanol–water partition coefficient (Wildman–Crippen LogP) is 6.83. The number of ether oxygens (including phenoxy) is 3. The van der Waals surface area contributed by atoms with E-state index < -0.39 is 21.7 Å². The minimum Gasteiger partial charge on any atom is -0.490 e. The Morgan fingerprint density at radius 2 is 1.71 bits per heavy atom. The number of carbonyl (C=O) groups excluding carboxylic acids is 2. The molecular weight excluding hydrogens is 909 g/mol. The number of benzene rings is 3. The highest BCUT2D eigenvalue weighted by atomic mass is 35.5. The number of nitriles is 1. The van der Waals surface area contributed by atoms with Crippen molar-refractivity contribution >= 4 is 38.8 Å². The van der Waals surface area contributed by atoms with E-state index in [1.165, 1.54) is 0 Å². The highest BCUT2D eigenvalue weighted by Crippen LogP contribution is 2.56. The number of amides is 2. The number of piperidine rings is 1. The number of sulfone groups is 1. The maximum atomic E-state index is 16.1. The van der Waals surface area contributed by atoms with Gasteiger partial charge in [-0.1, -0.05) is 58.4 Å². The van der Waals surface area contributed by atoms with Crippen LogP contribution in [0, 0.1) is 45.7 Å². The van der Waals surface area contributed by atoms with Crippen LogP contribution in [0.15, 0.2) is 60.8 Å². The van der Waals surface area contributed by atoms with E-state index in [1.54, 1.807) is 79.7 Å². The van der Waals surface area contributed by atoms with E-state index in [4.69, 9.17) is 25.8 Å². The molecule has 0 aromatic heterocycles. The van der Waals surface area contributed by atoms with Gasteiger partial charge in [0.1, 0.15) is 30.0 Å². The van der Waals surface area contributed by atoms with Crippen molar-refractivity contribution in [1.29, 1.82) is 5.26 Å². The van der Waals surface area contributed by atoms with Crippen LogP contribution in [0.25, 0.3) is 5.57 Å². The Morgan fingerprint density at radius 1 is 0.985 bits per heavy atom. The zero-order valence-corrected chi connectivity index (χ0v) is 41.4. The van der Waals surface area contributed by atoms with E-state index in [0.717, 1.165) is 50.8 Å². The molecule has 0 radical (unpaired) electrons. The summed E-state index contributed by atoms with van der Waals surface area (Å²) in [5.74, 6) is 0.413. The molecule has 5 aliphatic rings. The third-order valence-electron chi connectivity index (χ3n) is 14.9. The Labute approximate surface area is 405 Å². The summed E-state index contributed by atoms with van der Waals surface area (Å²) < 4.78 is 59.9. The molecule has 2 atom stereocenters. The van der Waals surface area contributed by atoms with E-state index in [9.17, 15) is 23.3 Å². The van der Waals surface area contributed by atoms with Gasteiger partial charge in [0.15, 0.2) is 21.3 Å².